The number of halogens is 3. The third kappa shape index (κ3) is 6.67. The van der Waals surface area contributed by atoms with Crippen molar-refractivity contribution in [3.63, 3.8) is 0 Å². The summed E-state index contributed by atoms with van der Waals surface area (Å²) >= 11 is 6.68. The number of fused-ring (bicyclic) bond motifs is 2. The van der Waals surface area contributed by atoms with Gasteiger partial charge >= 0.3 is 6.01 Å². The van der Waals surface area contributed by atoms with Gasteiger partial charge in [0.15, 0.2) is 0 Å². The van der Waals surface area contributed by atoms with Gasteiger partial charge in [0.05, 0.1) is 35.8 Å². The van der Waals surface area contributed by atoms with Crippen molar-refractivity contribution in [2.24, 2.45) is 0 Å². The number of anilines is 2. The van der Waals surface area contributed by atoms with E-state index in [9.17, 15) is 18.8 Å². The highest BCUT2D eigenvalue weighted by Gasteiger charge is 2.34. The molecule has 12 heteroatoms. The first kappa shape index (κ1) is 31.0. The zero-order valence-electron chi connectivity index (χ0n) is 25.2. The summed E-state index contributed by atoms with van der Waals surface area (Å²) in [5.74, 6) is 0.220. The van der Waals surface area contributed by atoms with Gasteiger partial charge in [-0.3, -0.25) is 4.79 Å². The van der Waals surface area contributed by atoms with Crippen molar-refractivity contribution in [3.8, 4) is 12.1 Å². The smallest absolute Gasteiger partial charge is 0.318 e. The molecule has 3 aromatic rings. The van der Waals surface area contributed by atoms with Gasteiger partial charge in [0.25, 0.3) is 6.43 Å². The molecule has 1 amide bonds. The predicted octanol–water partition coefficient (Wildman–Crippen LogP) is 5.07. The number of carbonyl (C=O) groups excluding carboxylic acids is 1. The van der Waals surface area contributed by atoms with E-state index < -0.39 is 18.4 Å². The molecule has 2 saturated heterocycles. The van der Waals surface area contributed by atoms with Crippen LogP contribution in [0.5, 0.6) is 6.01 Å². The zero-order chi connectivity index (χ0) is 31.5. The van der Waals surface area contributed by atoms with Crippen LogP contribution in [0.4, 0.5) is 20.3 Å². The molecule has 2 fully saturated rings. The van der Waals surface area contributed by atoms with Crippen LogP contribution >= 0.6 is 11.6 Å². The van der Waals surface area contributed by atoms with Gasteiger partial charge in [-0.15, -0.1) is 0 Å². The van der Waals surface area contributed by atoms with Gasteiger partial charge in [-0.05, 0) is 56.4 Å². The van der Waals surface area contributed by atoms with Gasteiger partial charge in [0.1, 0.15) is 12.4 Å². The predicted molar refractivity (Wildman–Crippen MR) is 170 cm³/mol. The number of nitriles is 1. The average molecular weight is 636 g/mol. The maximum Gasteiger partial charge on any atom is 0.318 e. The van der Waals surface area contributed by atoms with Crippen molar-refractivity contribution in [2.75, 3.05) is 56.2 Å². The Morgan fingerprint density at radius 1 is 1.13 bits per heavy atom. The number of piperazine rings is 1. The Labute approximate surface area is 266 Å². The number of rotatable bonds is 8. The highest BCUT2D eigenvalue weighted by atomic mass is 35.5. The van der Waals surface area contributed by atoms with Crippen LogP contribution < -0.4 is 14.5 Å². The number of carbonyl (C=O) groups is 1. The minimum absolute atomic E-state index is 0.0744. The topological polar surface area (TPSA) is 88.8 Å². The number of likely N-dealkylation sites (tertiary alicyclic amines) is 1. The lowest BCUT2D eigenvalue weighted by Gasteiger charge is -2.42. The number of aromatic nitrogens is 2. The van der Waals surface area contributed by atoms with E-state index in [-0.39, 0.29) is 13.0 Å². The standard InChI is InChI=1S/C33H36ClF2N7O2/c1-40-15-4-7-24(40)21-45-33-38-27-20-41(28-9-3-6-22-5-2-8-26(34)31(22)28)16-13-25(27)32(39-33)42-17-18-43(23(19-42)12-14-37)30(44)11-10-29(35)36/h2-3,5-6,8-11,23-24,29H,4,7,12-13,15-21H2,1H3/b11-10+/t23?,24-/m0/s1. The minimum atomic E-state index is -2.72. The summed E-state index contributed by atoms with van der Waals surface area (Å²) < 4.78 is 31.7. The number of ether oxygens (including phenoxy) is 1. The van der Waals surface area contributed by atoms with Crippen molar-refractivity contribution < 1.29 is 18.3 Å². The third-order valence-corrected chi connectivity index (χ3v) is 9.36. The van der Waals surface area contributed by atoms with E-state index in [1.54, 1.807) is 0 Å². The fourth-order valence-corrected chi connectivity index (χ4v) is 6.97. The summed E-state index contributed by atoms with van der Waals surface area (Å²) in [6.07, 6.45) is 1.69. The first-order chi connectivity index (χ1) is 21.8. The molecule has 0 N–H and O–H groups in total. The zero-order valence-corrected chi connectivity index (χ0v) is 26.0. The SMILES string of the molecule is CN1CCC[C@H]1COc1nc2c(c(N3CCN(C(=O)/C=C/C(F)F)C(CC#N)C3)n1)CCN(c1cccc3cccc(Cl)c13)C2. The summed E-state index contributed by atoms with van der Waals surface area (Å²) in [4.78, 5) is 30.8. The van der Waals surface area contributed by atoms with Crippen LogP contribution in [0.3, 0.4) is 0 Å². The van der Waals surface area contributed by atoms with E-state index in [0.29, 0.717) is 55.8 Å². The molecule has 0 bridgehead atoms. The number of hydrogen-bond donors (Lipinski definition) is 0. The number of likely N-dealkylation sites (N-methyl/N-ethyl adjacent to an activating group) is 1. The quantitative estimate of drug-likeness (QED) is 0.317. The maximum atomic E-state index is 12.8. The summed E-state index contributed by atoms with van der Waals surface area (Å²) in [6.45, 7) is 3.83. The van der Waals surface area contributed by atoms with Crippen molar-refractivity contribution in [1.82, 2.24) is 19.8 Å². The Morgan fingerprint density at radius 2 is 1.96 bits per heavy atom. The molecule has 0 aliphatic carbocycles. The normalized spacial score (nSPS) is 20.7. The second kappa shape index (κ2) is 13.5. The van der Waals surface area contributed by atoms with Crippen LogP contribution in [0, 0.1) is 11.3 Å². The van der Waals surface area contributed by atoms with E-state index in [2.05, 4.69) is 46.0 Å². The molecule has 1 aromatic heterocycles. The maximum absolute atomic E-state index is 12.8. The molecule has 9 nitrogen and oxygen atoms in total. The molecule has 45 heavy (non-hydrogen) atoms. The number of amides is 1. The Morgan fingerprint density at radius 3 is 2.71 bits per heavy atom. The monoisotopic (exact) mass is 635 g/mol. The van der Waals surface area contributed by atoms with Crippen LogP contribution in [0.2, 0.25) is 5.02 Å². The van der Waals surface area contributed by atoms with Gasteiger partial charge in [-0.25, -0.2) is 8.78 Å². The van der Waals surface area contributed by atoms with Gasteiger partial charge in [0, 0.05) is 54.9 Å². The fraction of sp³-hybridized carbons (Fsp3) is 0.455. The van der Waals surface area contributed by atoms with Crippen molar-refractivity contribution in [3.05, 3.63) is 64.8 Å². The molecule has 0 saturated carbocycles. The van der Waals surface area contributed by atoms with E-state index in [0.717, 1.165) is 65.5 Å². The molecular formula is C33H36ClF2N7O2. The molecule has 3 aliphatic rings. The molecular weight excluding hydrogens is 600 g/mol. The lowest BCUT2D eigenvalue weighted by Crippen LogP contribution is -2.55. The lowest BCUT2D eigenvalue weighted by atomic mass is 10.0. The molecule has 236 valence electrons. The Hall–Kier alpha value is -4.01. The molecule has 2 aromatic carbocycles. The lowest BCUT2D eigenvalue weighted by molar-refractivity contribution is -0.128. The number of nitrogens with zero attached hydrogens (tertiary/aromatic N) is 7. The average Bonchev–Trinajstić information content (AvgIpc) is 3.46. The number of benzene rings is 2. The number of hydrogen-bond acceptors (Lipinski definition) is 8. The minimum Gasteiger partial charge on any atom is -0.462 e. The summed E-state index contributed by atoms with van der Waals surface area (Å²) in [5, 5.41) is 12.3. The highest BCUT2D eigenvalue weighted by Crippen LogP contribution is 2.37. The third-order valence-electron chi connectivity index (χ3n) is 9.05. The Bertz CT molecular complexity index is 1630. The van der Waals surface area contributed by atoms with Crippen LogP contribution in [0.1, 0.15) is 30.5 Å². The van der Waals surface area contributed by atoms with Gasteiger partial charge in [-0.1, -0.05) is 35.9 Å². The van der Waals surface area contributed by atoms with Crippen molar-refractivity contribution in [2.45, 2.75) is 50.7 Å². The first-order valence-corrected chi connectivity index (χ1v) is 15.7. The number of allylic oxidation sites excluding steroid dienone is 1. The van der Waals surface area contributed by atoms with Crippen molar-refractivity contribution in [1.29, 1.82) is 5.26 Å². The first-order valence-electron chi connectivity index (χ1n) is 15.4. The highest BCUT2D eigenvalue weighted by molar-refractivity contribution is 6.36. The van der Waals surface area contributed by atoms with Crippen LogP contribution in [-0.4, -0.2) is 90.6 Å². The van der Waals surface area contributed by atoms with E-state index in [1.807, 2.05) is 18.2 Å². The van der Waals surface area contributed by atoms with E-state index in [1.165, 1.54) is 4.90 Å². The Kier molecular flexibility index (Phi) is 9.33. The molecule has 6 rings (SSSR count). The Balaban J connectivity index is 1.32. The summed E-state index contributed by atoms with van der Waals surface area (Å²) in [5.41, 5.74) is 2.91. The molecule has 1 unspecified atom stereocenters. The van der Waals surface area contributed by atoms with Crippen LogP contribution in [-0.2, 0) is 17.8 Å². The second-order valence-corrected chi connectivity index (χ2v) is 12.2. The van der Waals surface area contributed by atoms with Crippen LogP contribution in [0.15, 0.2) is 48.6 Å². The van der Waals surface area contributed by atoms with E-state index in [4.69, 9.17) is 26.3 Å². The molecule has 0 spiro atoms. The van der Waals surface area contributed by atoms with Gasteiger partial charge in [0.2, 0.25) is 5.91 Å². The van der Waals surface area contributed by atoms with Crippen molar-refractivity contribution >= 4 is 39.8 Å². The summed E-state index contributed by atoms with van der Waals surface area (Å²) in [6, 6.07) is 14.4. The molecule has 4 heterocycles. The van der Waals surface area contributed by atoms with Gasteiger partial charge in [-0.2, -0.15) is 15.2 Å². The summed E-state index contributed by atoms with van der Waals surface area (Å²) in [7, 11) is 2.10. The van der Waals surface area contributed by atoms with Crippen LogP contribution in [0.25, 0.3) is 10.8 Å². The molecule has 2 atom stereocenters. The second-order valence-electron chi connectivity index (χ2n) is 11.8. The molecule has 0 radical (unpaired) electrons. The largest absolute Gasteiger partial charge is 0.462 e. The number of alkyl halides is 2. The molecule has 3 aliphatic heterocycles. The fourth-order valence-electron chi connectivity index (χ4n) is 6.69. The van der Waals surface area contributed by atoms with Gasteiger partial charge < -0.3 is 24.3 Å². The van der Waals surface area contributed by atoms with E-state index >= 15 is 0 Å².